The molecule has 0 aliphatic carbocycles. The predicted molar refractivity (Wildman–Crippen MR) is 104 cm³/mol. The molecule has 2 heteroatoms. The molecule has 0 aliphatic heterocycles. The fraction of sp³-hybridized carbons (Fsp3) is 0. The average Bonchev–Trinajstić information content (AvgIpc) is 3.07. The molecule has 2 nitrogen and oxygen atoms in total. The van der Waals surface area contributed by atoms with E-state index in [4.69, 9.17) is 4.98 Å². The molecule has 3 aromatic carbocycles. The van der Waals surface area contributed by atoms with E-state index in [2.05, 4.69) is 83.4 Å². The summed E-state index contributed by atoms with van der Waals surface area (Å²) in [5.41, 5.74) is 7.87. The van der Waals surface area contributed by atoms with Crippen molar-refractivity contribution in [1.82, 2.24) is 9.38 Å². The fourth-order valence-corrected chi connectivity index (χ4v) is 3.38. The summed E-state index contributed by atoms with van der Waals surface area (Å²) < 4.78 is 2.21. The van der Waals surface area contributed by atoms with Gasteiger partial charge in [0, 0.05) is 11.8 Å². The van der Waals surface area contributed by atoms with Gasteiger partial charge in [-0.15, -0.1) is 0 Å². The van der Waals surface area contributed by atoms with E-state index in [9.17, 15) is 0 Å². The van der Waals surface area contributed by atoms with Gasteiger partial charge in [0.15, 0.2) is 0 Å². The lowest BCUT2D eigenvalue weighted by Gasteiger charge is -2.09. The van der Waals surface area contributed by atoms with Gasteiger partial charge in [-0.1, -0.05) is 72.8 Å². The van der Waals surface area contributed by atoms with Crippen molar-refractivity contribution in [2.24, 2.45) is 0 Å². The Morgan fingerprint density at radius 3 is 2.00 bits per heavy atom. The van der Waals surface area contributed by atoms with Crippen LogP contribution in [0, 0.1) is 0 Å². The summed E-state index contributed by atoms with van der Waals surface area (Å²) in [5, 5.41) is 0. The van der Waals surface area contributed by atoms with Crippen molar-refractivity contribution in [3.05, 3.63) is 97.2 Å². The molecule has 5 rings (SSSR count). The zero-order valence-electron chi connectivity index (χ0n) is 13.6. The van der Waals surface area contributed by atoms with Crippen LogP contribution in [-0.2, 0) is 0 Å². The van der Waals surface area contributed by atoms with E-state index in [1.54, 1.807) is 0 Å². The van der Waals surface area contributed by atoms with E-state index in [0.717, 1.165) is 22.2 Å². The van der Waals surface area contributed by atoms with E-state index in [1.807, 2.05) is 18.2 Å². The van der Waals surface area contributed by atoms with Crippen LogP contribution in [0.3, 0.4) is 0 Å². The Morgan fingerprint density at radius 2 is 1.24 bits per heavy atom. The quantitative estimate of drug-likeness (QED) is 0.400. The number of nitrogens with zero attached hydrogens (tertiary/aromatic N) is 2. The number of fused-ring (bicyclic) bond motifs is 3. The molecule has 5 aromatic rings. The number of para-hydroxylation sites is 2. The Bertz CT molecular complexity index is 1170. The molecular weight excluding hydrogens is 304 g/mol. The third-order valence-electron chi connectivity index (χ3n) is 4.60. The number of rotatable bonds is 2. The van der Waals surface area contributed by atoms with E-state index in [-0.39, 0.29) is 0 Å². The van der Waals surface area contributed by atoms with Crippen LogP contribution in [0.4, 0.5) is 0 Å². The van der Waals surface area contributed by atoms with Crippen LogP contribution >= 0.6 is 0 Å². The van der Waals surface area contributed by atoms with Gasteiger partial charge in [0.05, 0.1) is 11.0 Å². The van der Waals surface area contributed by atoms with Crippen LogP contribution < -0.4 is 0 Å². The van der Waals surface area contributed by atoms with Gasteiger partial charge in [-0.25, -0.2) is 4.98 Å². The van der Waals surface area contributed by atoms with Crippen molar-refractivity contribution in [3.63, 3.8) is 0 Å². The molecule has 0 unspecified atom stereocenters. The largest absolute Gasteiger partial charge is 0.299 e. The lowest BCUT2D eigenvalue weighted by molar-refractivity contribution is 1.23. The second-order valence-electron chi connectivity index (χ2n) is 6.17. The van der Waals surface area contributed by atoms with Crippen molar-refractivity contribution in [3.8, 4) is 22.3 Å². The summed E-state index contributed by atoms with van der Waals surface area (Å²) in [6.07, 6.45) is 2.19. The molecule has 118 valence electrons. The van der Waals surface area contributed by atoms with Crippen LogP contribution in [0.1, 0.15) is 0 Å². The maximum absolute atomic E-state index is 4.89. The van der Waals surface area contributed by atoms with Gasteiger partial charge in [-0.2, -0.15) is 0 Å². The molecule has 25 heavy (non-hydrogen) atoms. The maximum atomic E-state index is 4.89. The molecule has 0 bridgehead atoms. The van der Waals surface area contributed by atoms with Crippen molar-refractivity contribution >= 4 is 16.7 Å². The van der Waals surface area contributed by atoms with Gasteiger partial charge in [-0.05, 0) is 34.9 Å². The van der Waals surface area contributed by atoms with Crippen molar-refractivity contribution in [1.29, 1.82) is 0 Å². The first-order chi connectivity index (χ1) is 12.4. The molecule has 0 spiro atoms. The van der Waals surface area contributed by atoms with Gasteiger partial charge >= 0.3 is 0 Å². The molecular formula is C23H16N2. The first kappa shape index (κ1) is 14.0. The zero-order valence-corrected chi connectivity index (χ0v) is 13.6. The minimum atomic E-state index is 0.993. The lowest BCUT2D eigenvalue weighted by Crippen LogP contribution is -1.91. The predicted octanol–water partition coefficient (Wildman–Crippen LogP) is 5.82. The molecule has 0 N–H and O–H groups in total. The summed E-state index contributed by atoms with van der Waals surface area (Å²) in [7, 11) is 0. The summed E-state index contributed by atoms with van der Waals surface area (Å²) >= 11 is 0. The number of benzene rings is 3. The smallest absolute Gasteiger partial charge is 0.145 e. The Hall–Kier alpha value is -3.39. The van der Waals surface area contributed by atoms with Crippen LogP contribution in [0.15, 0.2) is 97.2 Å². The van der Waals surface area contributed by atoms with Gasteiger partial charge in [0.1, 0.15) is 5.65 Å². The monoisotopic (exact) mass is 320 g/mol. The highest BCUT2D eigenvalue weighted by atomic mass is 15.0. The highest BCUT2D eigenvalue weighted by molar-refractivity contribution is 5.90. The van der Waals surface area contributed by atoms with Gasteiger partial charge in [-0.3, -0.25) is 4.40 Å². The molecule has 0 radical (unpaired) electrons. The fourth-order valence-electron chi connectivity index (χ4n) is 3.38. The van der Waals surface area contributed by atoms with Gasteiger partial charge in [0.2, 0.25) is 0 Å². The number of aromatic nitrogens is 2. The minimum Gasteiger partial charge on any atom is -0.299 e. The Balaban J connectivity index is 1.90. The van der Waals surface area contributed by atoms with Crippen LogP contribution in [0.25, 0.3) is 38.9 Å². The lowest BCUT2D eigenvalue weighted by atomic mass is 10.0. The molecule has 0 aliphatic rings. The number of hydrogen-bond acceptors (Lipinski definition) is 1. The summed E-state index contributed by atoms with van der Waals surface area (Å²) in [5.74, 6) is 0. The SMILES string of the molecule is c1ccc(-c2cc(-c3ccccc3)c3nc4ccccc4n3c2)cc1. The molecule has 2 heterocycles. The number of hydrogen-bond donors (Lipinski definition) is 0. The van der Waals surface area contributed by atoms with Crippen molar-refractivity contribution in [2.45, 2.75) is 0 Å². The topological polar surface area (TPSA) is 17.3 Å². The highest BCUT2D eigenvalue weighted by Crippen LogP contribution is 2.32. The first-order valence-electron chi connectivity index (χ1n) is 8.42. The molecule has 0 saturated carbocycles. The van der Waals surface area contributed by atoms with Crippen LogP contribution in [0.2, 0.25) is 0 Å². The average molecular weight is 320 g/mol. The van der Waals surface area contributed by atoms with Gasteiger partial charge in [0.25, 0.3) is 0 Å². The van der Waals surface area contributed by atoms with E-state index in [1.165, 1.54) is 16.7 Å². The Labute approximate surface area is 146 Å². The maximum Gasteiger partial charge on any atom is 0.145 e. The van der Waals surface area contributed by atoms with Crippen LogP contribution in [0.5, 0.6) is 0 Å². The third kappa shape index (κ3) is 2.31. The van der Waals surface area contributed by atoms with Crippen molar-refractivity contribution in [2.75, 3.05) is 0 Å². The molecule has 0 amide bonds. The second kappa shape index (κ2) is 5.60. The second-order valence-corrected chi connectivity index (χ2v) is 6.17. The summed E-state index contributed by atoms with van der Waals surface area (Å²) in [6, 6.07) is 31.5. The molecule has 0 fully saturated rings. The minimum absolute atomic E-state index is 0.993. The number of pyridine rings is 1. The van der Waals surface area contributed by atoms with E-state index in [0.29, 0.717) is 0 Å². The molecule has 0 atom stereocenters. The standard InChI is InChI=1S/C23H16N2/c1-3-9-17(10-4-1)19-15-20(18-11-5-2-6-12-18)23-24-21-13-7-8-14-22(21)25(23)16-19/h1-16H. The summed E-state index contributed by atoms with van der Waals surface area (Å²) in [4.78, 5) is 4.89. The van der Waals surface area contributed by atoms with Gasteiger partial charge < -0.3 is 0 Å². The van der Waals surface area contributed by atoms with E-state index >= 15 is 0 Å². The summed E-state index contributed by atoms with van der Waals surface area (Å²) in [6.45, 7) is 0. The highest BCUT2D eigenvalue weighted by Gasteiger charge is 2.12. The molecule has 0 saturated heterocycles. The number of imidazole rings is 1. The Morgan fingerprint density at radius 1 is 0.600 bits per heavy atom. The normalized spacial score (nSPS) is 11.2. The van der Waals surface area contributed by atoms with Crippen molar-refractivity contribution < 1.29 is 0 Å². The van der Waals surface area contributed by atoms with Crippen LogP contribution in [-0.4, -0.2) is 9.38 Å². The third-order valence-corrected chi connectivity index (χ3v) is 4.60. The Kier molecular flexibility index (Phi) is 3.14. The zero-order chi connectivity index (χ0) is 16.6. The van der Waals surface area contributed by atoms with E-state index < -0.39 is 0 Å². The molecule has 2 aromatic heterocycles. The first-order valence-corrected chi connectivity index (χ1v) is 8.42.